The van der Waals surface area contributed by atoms with Crippen LogP contribution in [0.3, 0.4) is 0 Å². The summed E-state index contributed by atoms with van der Waals surface area (Å²) in [6.45, 7) is 1.11. The summed E-state index contributed by atoms with van der Waals surface area (Å²) in [6.07, 6.45) is 1.62. The average Bonchev–Trinajstić information content (AvgIpc) is 2.94. The van der Waals surface area contributed by atoms with Crippen LogP contribution < -0.4 is 0 Å². The Hall–Kier alpha value is -2.24. The number of nitrogens with one attached hydrogen (secondary N) is 1. The van der Waals surface area contributed by atoms with E-state index in [1.807, 2.05) is 0 Å². The highest BCUT2D eigenvalue weighted by atomic mass is 16.3. The van der Waals surface area contributed by atoms with Gasteiger partial charge >= 0.3 is 0 Å². The van der Waals surface area contributed by atoms with Gasteiger partial charge in [-0.25, -0.2) is 0 Å². The lowest BCUT2D eigenvalue weighted by molar-refractivity contribution is -0.870. The van der Waals surface area contributed by atoms with Gasteiger partial charge in [0.25, 0.3) is 0 Å². The van der Waals surface area contributed by atoms with E-state index in [1.54, 1.807) is 36.5 Å². The fourth-order valence-electron chi connectivity index (χ4n) is 2.21. The lowest BCUT2D eigenvalue weighted by Gasteiger charge is -2.21. The lowest BCUT2D eigenvalue weighted by atomic mass is 9.88. The fourth-order valence-corrected chi connectivity index (χ4v) is 2.21. The number of fused-ring (bicyclic) bond motifs is 2. The SMILES string of the molecule is C[N+](C)(C)CCO.O=C1c2ccccc2C(=O)c2[nH]ccc21. The predicted molar refractivity (Wildman–Crippen MR) is 84.1 cm³/mol. The molecule has 3 rings (SSSR count). The molecule has 0 amide bonds. The van der Waals surface area contributed by atoms with E-state index in [9.17, 15) is 9.59 Å². The maximum Gasteiger partial charge on any atom is 0.210 e. The Kier molecular flexibility index (Phi) is 4.59. The molecule has 2 N–H and O–H groups in total. The van der Waals surface area contributed by atoms with Crippen LogP contribution in [-0.2, 0) is 0 Å². The molecule has 5 nitrogen and oxygen atoms in total. The molecule has 0 bridgehead atoms. The summed E-state index contributed by atoms with van der Waals surface area (Å²) < 4.78 is 0.844. The van der Waals surface area contributed by atoms with E-state index < -0.39 is 0 Å². The van der Waals surface area contributed by atoms with Crippen LogP contribution >= 0.6 is 0 Å². The molecule has 1 aliphatic carbocycles. The monoisotopic (exact) mass is 301 g/mol. The van der Waals surface area contributed by atoms with Gasteiger partial charge in [0.15, 0.2) is 5.78 Å². The minimum absolute atomic E-state index is 0.0820. The van der Waals surface area contributed by atoms with Crippen molar-refractivity contribution in [2.75, 3.05) is 34.3 Å². The smallest absolute Gasteiger partial charge is 0.210 e. The third-order valence-electron chi connectivity index (χ3n) is 3.41. The van der Waals surface area contributed by atoms with E-state index >= 15 is 0 Å². The molecule has 0 unspecified atom stereocenters. The number of aliphatic hydroxyl groups excluding tert-OH is 1. The number of benzene rings is 1. The van der Waals surface area contributed by atoms with E-state index in [2.05, 4.69) is 26.1 Å². The molecule has 0 fully saturated rings. The molecule has 116 valence electrons. The van der Waals surface area contributed by atoms with Crippen molar-refractivity contribution in [2.24, 2.45) is 0 Å². The number of carbonyl (C=O) groups is 2. The van der Waals surface area contributed by atoms with Gasteiger partial charge in [0, 0.05) is 17.3 Å². The van der Waals surface area contributed by atoms with Gasteiger partial charge in [0.05, 0.1) is 39.0 Å². The number of aliphatic hydroxyl groups is 1. The van der Waals surface area contributed by atoms with Crippen molar-refractivity contribution in [3.05, 3.63) is 58.9 Å². The van der Waals surface area contributed by atoms with E-state index in [-0.39, 0.29) is 18.2 Å². The molecule has 1 heterocycles. The second-order valence-electron chi connectivity index (χ2n) is 6.21. The number of likely N-dealkylation sites (N-methyl/N-ethyl adjacent to an activating group) is 1. The number of aromatic amines is 1. The first-order valence-corrected chi connectivity index (χ1v) is 7.12. The zero-order valence-electron chi connectivity index (χ0n) is 13.1. The molecule has 1 aromatic heterocycles. The van der Waals surface area contributed by atoms with Crippen LogP contribution in [0.15, 0.2) is 36.5 Å². The zero-order valence-corrected chi connectivity index (χ0v) is 13.1. The lowest BCUT2D eigenvalue weighted by Crippen LogP contribution is -2.36. The first-order valence-electron chi connectivity index (χ1n) is 7.12. The highest BCUT2D eigenvalue weighted by Gasteiger charge is 2.29. The Morgan fingerprint density at radius 1 is 0.955 bits per heavy atom. The maximum absolute atomic E-state index is 11.9. The molecule has 1 aliphatic rings. The van der Waals surface area contributed by atoms with Gasteiger partial charge in [-0.3, -0.25) is 9.59 Å². The van der Waals surface area contributed by atoms with Crippen LogP contribution in [0.2, 0.25) is 0 Å². The largest absolute Gasteiger partial charge is 0.391 e. The second kappa shape index (κ2) is 6.25. The van der Waals surface area contributed by atoms with Crippen LogP contribution in [0.4, 0.5) is 0 Å². The topological polar surface area (TPSA) is 70.2 Å². The van der Waals surface area contributed by atoms with Crippen molar-refractivity contribution in [3.63, 3.8) is 0 Å². The second-order valence-corrected chi connectivity index (χ2v) is 6.21. The van der Waals surface area contributed by atoms with Gasteiger partial charge in [0.1, 0.15) is 6.54 Å². The summed E-state index contributed by atoms with van der Waals surface area (Å²) in [4.78, 5) is 26.7. The summed E-state index contributed by atoms with van der Waals surface area (Å²) in [5.74, 6) is -0.188. The molecule has 0 aliphatic heterocycles. The minimum atomic E-state index is -0.106. The summed E-state index contributed by atoms with van der Waals surface area (Å²) in [5, 5.41) is 8.39. The number of carbonyl (C=O) groups excluding carboxylic acids is 2. The van der Waals surface area contributed by atoms with Gasteiger partial charge < -0.3 is 14.6 Å². The summed E-state index contributed by atoms with van der Waals surface area (Å²) in [6, 6.07) is 8.54. The van der Waals surface area contributed by atoms with E-state index in [1.165, 1.54) is 0 Å². The van der Waals surface area contributed by atoms with Crippen molar-refractivity contribution in [2.45, 2.75) is 0 Å². The number of H-pyrrole nitrogens is 1. The molecule has 0 saturated heterocycles. The fraction of sp³-hybridized carbons (Fsp3) is 0.294. The number of rotatable bonds is 2. The van der Waals surface area contributed by atoms with Crippen molar-refractivity contribution in [1.82, 2.24) is 4.98 Å². The Bertz CT molecular complexity index is 646. The number of aromatic nitrogens is 1. The Morgan fingerprint density at radius 2 is 1.55 bits per heavy atom. The van der Waals surface area contributed by atoms with E-state index in [0.717, 1.165) is 11.0 Å². The molecule has 0 saturated carbocycles. The van der Waals surface area contributed by atoms with Crippen LogP contribution in [0, 0.1) is 0 Å². The van der Waals surface area contributed by atoms with Crippen LogP contribution in [0.1, 0.15) is 32.0 Å². The molecular weight excluding hydrogens is 280 g/mol. The van der Waals surface area contributed by atoms with Crippen LogP contribution in [-0.4, -0.2) is 60.4 Å². The van der Waals surface area contributed by atoms with Crippen LogP contribution in [0.5, 0.6) is 0 Å². The molecule has 0 atom stereocenters. The summed E-state index contributed by atoms with van der Waals surface area (Å²) in [7, 11) is 6.16. The van der Waals surface area contributed by atoms with Crippen molar-refractivity contribution < 1.29 is 19.2 Å². The predicted octanol–water partition coefficient (Wildman–Crippen LogP) is 1.47. The van der Waals surface area contributed by atoms with Crippen molar-refractivity contribution in [1.29, 1.82) is 0 Å². The molecular formula is C17H21N2O3+. The van der Waals surface area contributed by atoms with Gasteiger partial charge in [0.2, 0.25) is 5.78 Å². The zero-order chi connectivity index (χ0) is 16.3. The van der Waals surface area contributed by atoms with Gasteiger partial charge in [-0.2, -0.15) is 0 Å². The van der Waals surface area contributed by atoms with Crippen molar-refractivity contribution >= 4 is 11.6 Å². The first kappa shape index (κ1) is 16.1. The average molecular weight is 301 g/mol. The molecule has 5 heteroatoms. The number of ketones is 2. The third-order valence-corrected chi connectivity index (χ3v) is 3.41. The normalized spacial score (nSPS) is 13.1. The number of nitrogens with zero attached hydrogens (tertiary/aromatic N) is 1. The number of quaternary nitrogens is 1. The third kappa shape index (κ3) is 3.32. The first-order chi connectivity index (χ1) is 10.3. The highest BCUT2D eigenvalue weighted by molar-refractivity contribution is 6.27. The molecule has 1 aromatic carbocycles. The maximum atomic E-state index is 11.9. The molecule has 22 heavy (non-hydrogen) atoms. The van der Waals surface area contributed by atoms with Crippen LogP contribution in [0.25, 0.3) is 0 Å². The van der Waals surface area contributed by atoms with E-state index in [4.69, 9.17) is 5.11 Å². The molecule has 0 spiro atoms. The molecule has 2 aromatic rings. The van der Waals surface area contributed by atoms with Crippen molar-refractivity contribution in [3.8, 4) is 0 Å². The summed E-state index contributed by atoms with van der Waals surface area (Å²) >= 11 is 0. The quantitative estimate of drug-likeness (QED) is 0.704. The standard InChI is InChI=1S/C12H7NO2.C5H14NO/c14-11-7-3-1-2-4-8(7)12(15)10-9(11)5-6-13-10;1-6(2,3)4-5-7/h1-6,13H;7H,4-5H2,1-3H3/q;+1. The Balaban J connectivity index is 0.000000217. The minimum Gasteiger partial charge on any atom is -0.391 e. The van der Waals surface area contributed by atoms with E-state index in [0.29, 0.717) is 22.4 Å². The Labute approximate surface area is 129 Å². The Morgan fingerprint density at radius 3 is 2.05 bits per heavy atom. The number of hydrogen-bond acceptors (Lipinski definition) is 3. The molecule has 0 radical (unpaired) electrons. The summed E-state index contributed by atoms with van der Waals surface area (Å²) in [5.41, 5.74) is 1.85. The van der Waals surface area contributed by atoms with Gasteiger partial charge in [-0.1, -0.05) is 24.3 Å². The number of hydrogen-bond donors (Lipinski definition) is 2. The van der Waals surface area contributed by atoms with Gasteiger partial charge in [-0.15, -0.1) is 0 Å². The van der Waals surface area contributed by atoms with Gasteiger partial charge in [-0.05, 0) is 6.07 Å². The highest BCUT2D eigenvalue weighted by Crippen LogP contribution is 2.25.